The molecule has 0 spiro atoms. The summed E-state index contributed by atoms with van der Waals surface area (Å²) in [4.78, 5) is 105. The Morgan fingerprint density at radius 1 is 0.459 bits per heavy atom. The van der Waals surface area contributed by atoms with Gasteiger partial charge in [0, 0.05) is 107 Å². The molecule has 0 bridgehead atoms. The SMILES string of the molecule is C.C.C.CCOC(=O)C1=C(CN2CC(F)(F)CC[C@@H]2C(=O)O)NC(c2nccs2)=N[C@H]1c1cccc(F)c1Cl.CCOC(=O)C1=C(CN2CC(F)(F)CC[C@H]2C(=O)O)NC(c2nccs2)=N[C@H]1c1cccc(F)c1Cl.CCOC(=O)C1=C(CN2CC(F)(F)CC[C@H]2C(=O)O)NC(c2nccs2)=N[C@H]1c1cccc(F)c1Cl. The molecule has 6 atom stereocenters. The van der Waals surface area contributed by atoms with E-state index in [1.807, 2.05) is 0 Å². The maximum Gasteiger partial charge on any atom is 0.338 e. The van der Waals surface area contributed by atoms with Crippen LogP contribution >= 0.6 is 68.8 Å². The number of carbonyl (C=O) groups is 6. The first-order chi connectivity index (χ1) is 51.3. The number of aliphatic imine (C=N–C) groups is 3. The topological polar surface area (TPSA) is 312 Å². The number of nitrogens with zero attached hydrogens (tertiary/aromatic N) is 9. The third kappa shape index (κ3) is 21.3. The van der Waals surface area contributed by atoms with Gasteiger partial charge in [-0.05, 0) is 58.2 Å². The largest absolute Gasteiger partial charge is 0.480 e. The van der Waals surface area contributed by atoms with Gasteiger partial charge in [0.15, 0.2) is 32.5 Å². The number of hydrogen-bond donors (Lipinski definition) is 6. The number of carboxylic acids is 3. The number of carbonyl (C=O) groups excluding carboxylic acids is 3. The lowest BCUT2D eigenvalue weighted by Gasteiger charge is -2.39. The Labute approximate surface area is 658 Å². The Morgan fingerprint density at radius 3 is 0.928 bits per heavy atom. The Bertz CT molecular complexity index is 4110. The highest BCUT2D eigenvalue weighted by atomic mass is 35.5. The number of piperidine rings is 3. The lowest BCUT2D eigenvalue weighted by molar-refractivity contribution is -0.152. The van der Waals surface area contributed by atoms with Crippen LogP contribution in [0.2, 0.25) is 15.1 Å². The summed E-state index contributed by atoms with van der Waals surface area (Å²) in [5, 5.41) is 43.5. The van der Waals surface area contributed by atoms with Gasteiger partial charge >= 0.3 is 35.8 Å². The van der Waals surface area contributed by atoms with Crippen molar-refractivity contribution in [3.63, 3.8) is 0 Å². The lowest BCUT2D eigenvalue weighted by Crippen LogP contribution is -2.54. The molecule has 111 heavy (non-hydrogen) atoms. The third-order valence-electron chi connectivity index (χ3n) is 17.5. The van der Waals surface area contributed by atoms with E-state index < -0.39 is 146 Å². The van der Waals surface area contributed by atoms with Gasteiger partial charge < -0.3 is 45.5 Å². The number of nitrogens with one attached hydrogen (secondary N) is 3. The number of amidine groups is 3. The molecule has 3 aromatic carbocycles. The fourth-order valence-corrected chi connectivity index (χ4v) is 15.2. The number of carboxylic acid groups (broad SMARTS) is 3. The summed E-state index contributed by atoms with van der Waals surface area (Å²) in [6, 6.07) is 5.12. The van der Waals surface area contributed by atoms with Crippen LogP contribution in [-0.4, -0.2) is 193 Å². The highest BCUT2D eigenvalue weighted by molar-refractivity contribution is 7.12. The number of halogens is 12. The smallest absolute Gasteiger partial charge is 0.338 e. The van der Waals surface area contributed by atoms with Crippen molar-refractivity contribution in [3.05, 3.63) is 187 Å². The van der Waals surface area contributed by atoms with Crippen molar-refractivity contribution in [2.45, 2.75) is 136 Å². The molecule has 600 valence electrons. The first-order valence-corrected chi connectivity index (χ1v) is 36.9. The number of thiazole rings is 3. The Balaban J connectivity index is 0.000000228. The van der Waals surface area contributed by atoms with E-state index in [0.717, 1.165) is 32.9 Å². The van der Waals surface area contributed by atoms with Gasteiger partial charge in [-0.2, -0.15) is 0 Å². The van der Waals surface area contributed by atoms with Gasteiger partial charge in [-0.3, -0.25) is 44.1 Å². The number of esters is 3. The molecule has 6 aliphatic heterocycles. The van der Waals surface area contributed by atoms with Crippen LogP contribution in [0, 0.1) is 17.5 Å². The fraction of sp³-hybridized carbons (Fsp3) is 0.417. The average Bonchev–Trinajstić information content (AvgIpc) is 1.05. The molecule has 12 rings (SSSR count). The molecule has 24 nitrogen and oxygen atoms in total. The standard InChI is InChI=1S/3C23H22ClF3N4O4S.3CH4/c3*1-2-35-22(34)16-14(10-31-11-23(26,27)7-6-15(31)21(32)33)29-19(20-28-8-9-36-20)30-18(16)12-4-3-5-13(25)17(12)24;;;/h3*3-5,8-9,15,18H,2,6-7,10-11H2,1H3,(H,29,30)(H,32,33);3*1H4/t15-,18+;2*15-,18-;;;/m100.../s1. The Hall–Kier alpha value is -8.88. The number of aromatic nitrogens is 3. The Morgan fingerprint density at radius 2 is 0.712 bits per heavy atom. The molecule has 3 aromatic heterocycles. The number of likely N-dealkylation sites (tertiary alicyclic amines) is 3. The van der Waals surface area contributed by atoms with Gasteiger partial charge in [0.25, 0.3) is 17.8 Å². The quantitative estimate of drug-likeness (QED) is 0.0222. The molecule has 6 aromatic rings. The van der Waals surface area contributed by atoms with Crippen LogP contribution in [0.4, 0.5) is 39.5 Å². The normalized spacial score (nSPS) is 21.5. The number of alkyl halides is 6. The molecule has 3 fully saturated rings. The van der Waals surface area contributed by atoms with Crippen molar-refractivity contribution in [2.24, 2.45) is 15.0 Å². The molecule has 3 saturated heterocycles. The molecular formula is C72H78Cl3F9N12O12S3. The van der Waals surface area contributed by atoms with Gasteiger partial charge in [-0.1, -0.05) is 93.5 Å². The van der Waals surface area contributed by atoms with E-state index in [1.54, 1.807) is 36.9 Å². The van der Waals surface area contributed by atoms with Gasteiger partial charge in [-0.25, -0.2) is 68.8 Å². The van der Waals surface area contributed by atoms with E-state index in [9.17, 15) is 83.6 Å². The summed E-state index contributed by atoms with van der Waals surface area (Å²) in [7, 11) is 0. The molecule has 9 heterocycles. The van der Waals surface area contributed by atoms with Crippen LogP contribution in [-0.2, 0) is 43.0 Å². The minimum atomic E-state index is -3.11. The first kappa shape index (κ1) is 89.3. The number of hydrogen-bond acceptors (Lipinski definition) is 24. The maximum atomic E-state index is 14.4. The van der Waals surface area contributed by atoms with E-state index >= 15 is 0 Å². The number of benzene rings is 3. The second-order valence-electron chi connectivity index (χ2n) is 24.8. The van der Waals surface area contributed by atoms with Crippen molar-refractivity contribution >= 4 is 122 Å². The summed E-state index contributed by atoms with van der Waals surface area (Å²) in [6.45, 7) is 1.27. The first-order valence-electron chi connectivity index (χ1n) is 33.1. The molecule has 0 amide bonds. The number of rotatable bonds is 21. The second-order valence-corrected chi connectivity index (χ2v) is 28.6. The molecule has 0 unspecified atom stereocenters. The fourth-order valence-electron chi connectivity index (χ4n) is 12.7. The molecule has 0 aliphatic carbocycles. The van der Waals surface area contributed by atoms with Crippen LogP contribution < -0.4 is 16.0 Å². The van der Waals surface area contributed by atoms with Crippen molar-refractivity contribution in [1.82, 2.24) is 45.6 Å². The van der Waals surface area contributed by atoms with Crippen LogP contribution in [0.3, 0.4) is 0 Å². The molecule has 6 aliphatic rings. The minimum absolute atomic E-state index is 0. The monoisotopic (exact) mass is 1670 g/mol. The summed E-state index contributed by atoms with van der Waals surface area (Å²) in [5.74, 6) is -17.1. The third-order valence-corrected chi connectivity index (χ3v) is 21.0. The molecule has 0 radical (unpaired) electrons. The van der Waals surface area contributed by atoms with Crippen molar-refractivity contribution in [2.75, 3.05) is 59.1 Å². The van der Waals surface area contributed by atoms with Crippen molar-refractivity contribution in [3.8, 4) is 0 Å². The highest BCUT2D eigenvalue weighted by Gasteiger charge is 2.48. The molecule has 6 N–H and O–H groups in total. The number of aliphatic carboxylic acids is 3. The second kappa shape index (κ2) is 38.6. The van der Waals surface area contributed by atoms with E-state index in [0.29, 0.717) is 15.0 Å². The van der Waals surface area contributed by atoms with Crippen LogP contribution in [0.25, 0.3) is 0 Å². The lowest BCUT2D eigenvalue weighted by atomic mass is 9.93. The summed E-state index contributed by atoms with van der Waals surface area (Å²) in [5.41, 5.74) is 0.534. The summed E-state index contributed by atoms with van der Waals surface area (Å²) < 4.78 is 145. The Kier molecular flexibility index (Phi) is 31.0. The predicted molar refractivity (Wildman–Crippen MR) is 401 cm³/mol. The van der Waals surface area contributed by atoms with Gasteiger partial charge in [0.05, 0.1) is 71.2 Å². The average molecular weight is 1680 g/mol. The van der Waals surface area contributed by atoms with Gasteiger partial charge in [-0.15, -0.1) is 34.0 Å². The summed E-state index contributed by atoms with van der Waals surface area (Å²) in [6.07, 6.45) is 2.10. The highest BCUT2D eigenvalue weighted by Crippen LogP contribution is 2.43. The van der Waals surface area contributed by atoms with Crippen LogP contribution in [0.5, 0.6) is 0 Å². The van der Waals surface area contributed by atoms with Crippen molar-refractivity contribution < 1.29 is 97.8 Å². The van der Waals surface area contributed by atoms with Crippen molar-refractivity contribution in [1.29, 1.82) is 0 Å². The van der Waals surface area contributed by atoms with Gasteiger partial charge in [0.2, 0.25) is 0 Å². The summed E-state index contributed by atoms with van der Waals surface area (Å²) >= 11 is 22.4. The zero-order valence-electron chi connectivity index (χ0n) is 57.0. The molecule has 0 saturated carbocycles. The maximum absolute atomic E-state index is 14.4. The zero-order chi connectivity index (χ0) is 78.1. The van der Waals surface area contributed by atoms with Gasteiger partial charge in [0.1, 0.15) is 53.7 Å². The van der Waals surface area contributed by atoms with E-state index in [1.165, 1.54) is 89.0 Å². The molecule has 39 heteroatoms. The number of ether oxygens (including phenoxy) is 3. The van der Waals surface area contributed by atoms with E-state index in [4.69, 9.17) is 49.0 Å². The predicted octanol–water partition coefficient (Wildman–Crippen LogP) is 14.0. The van der Waals surface area contributed by atoms with Crippen LogP contribution in [0.1, 0.15) is 131 Å². The molecular weight excluding hydrogens is 1600 g/mol. The van der Waals surface area contributed by atoms with E-state index in [2.05, 4.69) is 45.9 Å². The van der Waals surface area contributed by atoms with E-state index in [-0.39, 0.29) is 164 Å². The minimum Gasteiger partial charge on any atom is -0.480 e. The van der Waals surface area contributed by atoms with Crippen LogP contribution in [0.15, 0.2) is 138 Å². The zero-order valence-corrected chi connectivity index (χ0v) is 61.7.